The summed E-state index contributed by atoms with van der Waals surface area (Å²) in [6, 6.07) is 4.30. The lowest BCUT2D eigenvalue weighted by Crippen LogP contribution is -2.28. The van der Waals surface area contributed by atoms with E-state index in [0.717, 1.165) is 0 Å². The predicted molar refractivity (Wildman–Crippen MR) is 64.4 cm³/mol. The second-order valence-electron chi connectivity index (χ2n) is 3.89. The first kappa shape index (κ1) is 13.9. The number of benzene rings is 1. The molecule has 0 aromatic heterocycles. The van der Waals surface area contributed by atoms with E-state index in [1.807, 2.05) is 0 Å². The van der Waals surface area contributed by atoms with Crippen LogP contribution in [0, 0.1) is 5.82 Å². The normalized spacial score (nSPS) is 14.2. The largest absolute Gasteiger partial charge is 0.469 e. The number of esters is 1. The molecule has 0 bridgehead atoms. The Bertz CT molecular complexity index is 409. The van der Waals surface area contributed by atoms with E-state index < -0.39 is 17.7 Å². The van der Waals surface area contributed by atoms with Gasteiger partial charge in [0, 0.05) is 12.0 Å². The molecule has 5 heteroatoms. The molecule has 2 unspecified atom stereocenters. The van der Waals surface area contributed by atoms with Crippen molar-refractivity contribution in [3.63, 3.8) is 0 Å². The Labute approximate surface area is 105 Å². The van der Waals surface area contributed by atoms with E-state index in [2.05, 4.69) is 4.74 Å². The highest BCUT2D eigenvalue weighted by molar-refractivity contribution is 6.30. The fourth-order valence-electron chi connectivity index (χ4n) is 1.65. The zero-order chi connectivity index (χ0) is 13.0. The summed E-state index contributed by atoms with van der Waals surface area (Å²) in [6.45, 7) is 1.72. The molecule has 94 valence electrons. The van der Waals surface area contributed by atoms with Crippen LogP contribution >= 0.6 is 11.6 Å². The fourth-order valence-corrected chi connectivity index (χ4v) is 1.83. The zero-order valence-electron chi connectivity index (χ0n) is 9.74. The first-order chi connectivity index (χ1) is 7.97. The van der Waals surface area contributed by atoms with Gasteiger partial charge in [0.2, 0.25) is 0 Å². The van der Waals surface area contributed by atoms with E-state index >= 15 is 0 Å². The van der Waals surface area contributed by atoms with Crippen molar-refractivity contribution in [3.05, 3.63) is 34.6 Å². The van der Waals surface area contributed by atoms with E-state index in [0.29, 0.717) is 5.56 Å². The van der Waals surface area contributed by atoms with Crippen molar-refractivity contribution in [2.45, 2.75) is 25.3 Å². The smallest absolute Gasteiger partial charge is 0.306 e. The van der Waals surface area contributed by atoms with Gasteiger partial charge in [0.25, 0.3) is 0 Å². The summed E-state index contributed by atoms with van der Waals surface area (Å²) in [4.78, 5) is 11.3. The van der Waals surface area contributed by atoms with Gasteiger partial charge in [-0.15, -0.1) is 0 Å². The molecule has 2 N–H and O–H groups in total. The SMILES string of the molecule is COC(=O)CC(c1cccc(Cl)c1F)C(C)N. The molecule has 0 spiro atoms. The van der Waals surface area contributed by atoms with E-state index in [9.17, 15) is 9.18 Å². The lowest BCUT2D eigenvalue weighted by molar-refractivity contribution is -0.141. The third kappa shape index (κ3) is 3.41. The van der Waals surface area contributed by atoms with Crippen LogP contribution in [0.3, 0.4) is 0 Å². The van der Waals surface area contributed by atoms with E-state index in [-0.39, 0.29) is 17.5 Å². The fraction of sp³-hybridized carbons (Fsp3) is 0.417. The van der Waals surface area contributed by atoms with E-state index in [4.69, 9.17) is 17.3 Å². The Balaban J connectivity index is 3.06. The van der Waals surface area contributed by atoms with Gasteiger partial charge in [0.1, 0.15) is 5.82 Å². The predicted octanol–water partition coefficient (Wildman–Crippen LogP) is 2.47. The second kappa shape index (κ2) is 5.98. The average Bonchev–Trinajstić information content (AvgIpc) is 2.29. The van der Waals surface area contributed by atoms with Crippen molar-refractivity contribution in [1.29, 1.82) is 0 Å². The first-order valence-corrected chi connectivity index (χ1v) is 5.61. The molecule has 0 radical (unpaired) electrons. The molecular weight excluding hydrogens is 245 g/mol. The number of ether oxygens (including phenoxy) is 1. The van der Waals surface area contributed by atoms with Crippen LogP contribution in [-0.4, -0.2) is 19.1 Å². The number of hydrogen-bond donors (Lipinski definition) is 1. The zero-order valence-corrected chi connectivity index (χ0v) is 10.5. The van der Waals surface area contributed by atoms with Crippen LogP contribution in [0.1, 0.15) is 24.8 Å². The van der Waals surface area contributed by atoms with E-state index in [1.54, 1.807) is 19.1 Å². The number of hydrogen-bond acceptors (Lipinski definition) is 3. The van der Waals surface area contributed by atoms with Gasteiger partial charge in [-0.3, -0.25) is 4.79 Å². The Hall–Kier alpha value is -1.13. The number of nitrogens with two attached hydrogens (primary N) is 1. The second-order valence-corrected chi connectivity index (χ2v) is 4.30. The van der Waals surface area contributed by atoms with Gasteiger partial charge in [0.15, 0.2) is 0 Å². The molecule has 0 saturated carbocycles. The molecule has 0 fully saturated rings. The van der Waals surface area contributed by atoms with Gasteiger partial charge in [-0.1, -0.05) is 23.7 Å². The van der Waals surface area contributed by atoms with Gasteiger partial charge >= 0.3 is 5.97 Å². The quantitative estimate of drug-likeness (QED) is 0.845. The third-order valence-electron chi connectivity index (χ3n) is 2.63. The van der Waals surface area contributed by atoms with Crippen LogP contribution < -0.4 is 5.73 Å². The lowest BCUT2D eigenvalue weighted by atomic mass is 9.89. The number of methoxy groups -OCH3 is 1. The van der Waals surface area contributed by atoms with Crippen LogP contribution in [0.4, 0.5) is 4.39 Å². The summed E-state index contributed by atoms with van der Waals surface area (Å²) in [7, 11) is 1.29. The van der Waals surface area contributed by atoms with Crippen molar-refractivity contribution in [2.24, 2.45) is 5.73 Å². The van der Waals surface area contributed by atoms with Crippen molar-refractivity contribution in [1.82, 2.24) is 0 Å². The van der Waals surface area contributed by atoms with Crippen molar-refractivity contribution in [2.75, 3.05) is 7.11 Å². The lowest BCUT2D eigenvalue weighted by Gasteiger charge is -2.20. The van der Waals surface area contributed by atoms with Gasteiger partial charge in [-0.05, 0) is 18.6 Å². The maximum absolute atomic E-state index is 13.8. The summed E-state index contributed by atoms with van der Waals surface area (Å²) in [5.41, 5.74) is 6.12. The van der Waals surface area contributed by atoms with Crippen molar-refractivity contribution < 1.29 is 13.9 Å². The maximum atomic E-state index is 13.8. The molecule has 3 nitrogen and oxygen atoms in total. The molecule has 0 saturated heterocycles. The highest BCUT2D eigenvalue weighted by atomic mass is 35.5. The highest BCUT2D eigenvalue weighted by Gasteiger charge is 2.24. The molecular formula is C12H15ClFNO2. The average molecular weight is 260 g/mol. The summed E-state index contributed by atoms with van der Waals surface area (Å²) >= 11 is 5.70. The van der Waals surface area contributed by atoms with Crippen LogP contribution in [0.25, 0.3) is 0 Å². The summed E-state index contributed by atoms with van der Waals surface area (Å²) in [6.07, 6.45) is 0.0332. The molecule has 17 heavy (non-hydrogen) atoms. The monoisotopic (exact) mass is 259 g/mol. The number of rotatable bonds is 4. The van der Waals surface area contributed by atoms with Gasteiger partial charge in [-0.2, -0.15) is 0 Å². The minimum absolute atomic E-state index is 0.0259. The van der Waals surface area contributed by atoms with Crippen LogP contribution in [0.5, 0.6) is 0 Å². The Morgan fingerprint density at radius 1 is 1.59 bits per heavy atom. The molecule has 1 rings (SSSR count). The molecule has 0 amide bonds. The number of halogens is 2. The molecule has 0 heterocycles. The Morgan fingerprint density at radius 3 is 2.76 bits per heavy atom. The highest BCUT2D eigenvalue weighted by Crippen LogP contribution is 2.29. The summed E-state index contributed by atoms with van der Waals surface area (Å²) < 4.78 is 18.4. The van der Waals surface area contributed by atoms with Crippen molar-refractivity contribution in [3.8, 4) is 0 Å². The topological polar surface area (TPSA) is 52.3 Å². The number of carbonyl (C=O) groups is 1. The van der Waals surface area contributed by atoms with Crippen LogP contribution in [-0.2, 0) is 9.53 Å². The van der Waals surface area contributed by atoms with Crippen LogP contribution in [0.2, 0.25) is 5.02 Å². The molecule has 0 aliphatic heterocycles. The minimum atomic E-state index is -0.527. The van der Waals surface area contributed by atoms with Crippen LogP contribution in [0.15, 0.2) is 18.2 Å². The minimum Gasteiger partial charge on any atom is -0.469 e. The molecule has 1 aromatic carbocycles. The maximum Gasteiger partial charge on any atom is 0.306 e. The Kier molecular flexibility index (Phi) is 4.90. The van der Waals surface area contributed by atoms with Crippen molar-refractivity contribution >= 4 is 17.6 Å². The van der Waals surface area contributed by atoms with Gasteiger partial charge in [0.05, 0.1) is 18.6 Å². The van der Waals surface area contributed by atoms with Gasteiger partial charge < -0.3 is 10.5 Å². The molecule has 0 aliphatic carbocycles. The van der Waals surface area contributed by atoms with E-state index in [1.165, 1.54) is 13.2 Å². The Morgan fingerprint density at radius 2 is 2.24 bits per heavy atom. The first-order valence-electron chi connectivity index (χ1n) is 5.23. The van der Waals surface area contributed by atoms with Gasteiger partial charge in [-0.25, -0.2) is 4.39 Å². The summed E-state index contributed by atoms with van der Waals surface area (Å²) in [5.74, 6) is -1.40. The molecule has 0 aliphatic rings. The third-order valence-corrected chi connectivity index (χ3v) is 2.92. The molecule has 2 atom stereocenters. The summed E-state index contributed by atoms with van der Waals surface area (Å²) in [5, 5.41) is 0.0259. The molecule has 1 aromatic rings. The standard InChI is InChI=1S/C12H15ClFNO2/c1-7(15)9(6-11(16)17-2)8-4-3-5-10(13)12(8)14/h3-5,7,9H,6,15H2,1-2H3. The number of carbonyl (C=O) groups excluding carboxylic acids is 1.